The van der Waals surface area contributed by atoms with Crippen molar-refractivity contribution >= 4 is 38.8 Å². The average Bonchev–Trinajstić information content (AvgIpc) is 3.02. The number of phenols is 1. The number of ether oxygens (including phenoxy) is 1. The summed E-state index contributed by atoms with van der Waals surface area (Å²) in [6.07, 6.45) is 6.20. The zero-order chi connectivity index (χ0) is 25.1. The van der Waals surface area contributed by atoms with Gasteiger partial charge in [0.25, 0.3) is 0 Å². The fraction of sp³-hybridized carbons (Fsp3) is 0.276. The number of rotatable bonds is 7. The second kappa shape index (κ2) is 11.0. The minimum Gasteiger partial charge on any atom is -0.508 e. The lowest BCUT2D eigenvalue weighted by atomic mass is 10.1. The van der Waals surface area contributed by atoms with E-state index in [2.05, 4.69) is 17.0 Å². The molecule has 0 bridgehead atoms. The van der Waals surface area contributed by atoms with Gasteiger partial charge in [0.15, 0.2) is 5.75 Å². The van der Waals surface area contributed by atoms with Gasteiger partial charge in [0, 0.05) is 22.2 Å². The van der Waals surface area contributed by atoms with E-state index in [-0.39, 0.29) is 22.1 Å². The number of carbonyl (C=O) groups is 1. The lowest BCUT2D eigenvalue weighted by Crippen LogP contribution is -2.26. The summed E-state index contributed by atoms with van der Waals surface area (Å²) in [5.41, 5.74) is 1.43. The van der Waals surface area contributed by atoms with Crippen molar-refractivity contribution in [1.29, 1.82) is 0 Å². The minimum absolute atomic E-state index is 0.0417. The molecule has 0 radical (unpaired) electrons. The highest BCUT2D eigenvalue weighted by atomic mass is 35.5. The fourth-order valence-electron chi connectivity index (χ4n) is 4.60. The molecule has 186 valence electrons. The summed E-state index contributed by atoms with van der Waals surface area (Å²) < 4.78 is 20.5. The Morgan fingerprint density at radius 2 is 1.75 bits per heavy atom. The number of nitrogens with zero attached hydrogens (tertiary/aromatic N) is 1. The van der Waals surface area contributed by atoms with Gasteiger partial charge in [-0.3, -0.25) is 4.79 Å². The highest BCUT2D eigenvalue weighted by Gasteiger charge is 2.24. The summed E-state index contributed by atoms with van der Waals surface area (Å²) in [6.45, 7) is 3.41. The van der Waals surface area contributed by atoms with Crippen LogP contribution in [0.3, 0.4) is 0 Å². The number of phenolic OH excluding ortho intramolecular Hbond substituents is 1. The zero-order valence-electron chi connectivity index (χ0n) is 19.8. The third kappa shape index (κ3) is 5.56. The maximum atomic E-state index is 13.6. The quantitative estimate of drug-likeness (QED) is 0.251. The topological polar surface area (TPSA) is 49.8 Å². The first kappa shape index (κ1) is 24.8. The van der Waals surface area contributed by atoms with E-state index in [9.17, 15) is 14.3 Å². The van der Waals surface area contributed by atoms with Crippen molar-refractivity contribution in [2.24, 2.45) is 0 Å². The van der Waals surface area contributed by atoms with Crippen molar-refractivity contribution in [3.63, 3.8) is 0 Å². The second-order valence-corrected chi connectivity index (χ2v) is 10.6. The Balaban J connectivity index is 1.39. The van der Waals surface area contributed by atoms with Crippen molar-refractivity contribution in [3.8, 4) is 17.2 Å². The van der Waals surface area contributed by atoms with Gasteiger partial charge in [0.1, 0.15) is 22.2 Å². The molecule has 1 aliphatic rings. The van der Waals surface area contributed by atoms with Gasteiger partial charge < -0.3 is 14.7 Å². The second-order valence-electron chi connectivity index (χ2n) is 9.15. The van der Waals surface area contributed by atoms with Crippen molar-refractivity contribution in [3.05, 3.63) is 87.5 Å². The van der Waals surface area contributed by atoms with Crippen LogP contribution in [-0.2, 0) is 6.42 Å². The molecule has 0 aliphatic carbocycles. The monoisotopic (exact) mass is 523 g/mol. The van der Waals surface area contributed by atoms with Gasteiger partial charge in [-0.05, 0) is 86.4 Å². The lowest BCUT2D eigenvalue weighted by molar-refractivity contribution is 0.104. The summed E-state index contributed by atoms with van der Waals surface area (Å²) in [4.78, 5) is 16.3. The van der Waals surface area contributed by atoms with E-state index in [1.54, 1.807) is 18.2 Å². The summed E-state index contributed by atoms with van der Waals surface area (Å²) in [5.74, 6) is 0.246. The molecule has 1 saturated heterocycles. The molecular weight excluding hydrogens is 497 g/mol. The maximum Gasteiger partial charge on any atom is 0.208 e. The van der Waals surface area contributed by atoms with E-state index < -0.39 is 5.82 Å². The van der Waals surface area contributed by atoms with Crippen LogP contribution in [0.15, 0.2) is 60.7 Å². The van der Waals surface area contributed by atoms with Gasteiger partial charge in [-0.15, -0.1) is 11.3 Å². The van der Waals surface area contributed by atoms with Gasteiger partial charge in [0.05, 0.1) is 5.02 Å². The van der Waals surface area contributed by atoms with Gasteiger partial charge in [-0.1, -0.05) is 36.6 Å². The molecule has 0 spiro atoms. The summed E-state index contributed by atoms with van der Waals surface area (Å²) in [7, 11) is 0. The Kier molecular flexibility index (Phi) is 7.56. The van der Waals surface area contributed by atoms with Gasteiger partial charge >= 0.3 is 0 Å². The van der Waals surface area contributed by atoms with Crippen molar-refractivity contribution in [2.75, 3.05) is 19.6 Å². The van der Waals surface area contributed by atoms with Crippen molar-refractivity contribution in [2.45, 2.75) is 32.1 Å². The maximum absolute atomic E-state index is 13.6. The smallest absolute Gasteiger partial charge is 0.208 e. The number of halogens is 2. The highest BCUT2D eigenvalue weighted by Crippen LogP contribution is 2.43. The molecule has 3 aromatic carbocycles. The molecule has 1 N–H and O–H groups in total. The van der Waals surface area contributed by atoms with Crippen molar-refractivity contribution < 1.29 is 19.0 Å². The number of likely N-dealkylation sites (tertiary alicyclic amines) is 1. The van der Waals surface area contributed by atoms with Crippen LogP contribution < -0.4 is 4.74 Å². The number of fused-ring (bicyclic) bond motifs is 1. The van der Waals surface area contributed by atoms with Crippen LogP contribution in [0.25, 0.3) is 10.1 Å². The lowest BCUT2D eigenvalue weighted by Gasteiger charge is -2.19. The minimum atomic E-state index is -0.509. The number of ketones is 1. The first-order valence-corrected chi connectivity index (χ1v) is 13.4. The molecule has 1 fully saturated rings. The van der Waals surface area contributed by atoms with Gasteiger partial charge in [-0.25, -0.2) is 4.39 Å². The summed E-state index contributed by atoms with van der Waals surface area (Å²) in [5, 5.41) is 10.7. The molecule has 4 nitrogen and oxygen atoms in total. The first-order valence-electron chi connectivity index (χ1n) is 12.2. The summed E-state index contributed by atoms with van der Waals surface area (Å²) in [6, 6.07) is 16.6. The molecule has 0 atom stereocenters. The van der Waals surface area contributed by atoms with E-state index in [1.807, 2.05) is 12.1 Å². The number of aromatic hydroxyl groups is 1. The number of hydrogen-bond acceptors (Lipinski definition) is 5. The molecule has 4 aromatic rings. The summed E-state index contributed by atoms with van der Waals surface area (Å²) >= 11 is 7.39. The molecule has 5 rings (SSSR count). The van der Waals surface area contributed by atoms with E-state index in [4.69, 9.17) is 16.3 Å². The van der Waals surface area contributed by atoms with Crippen LogP contribution in [0.5, 0.6) is 17.2 Å². The molecule has 0 amide bonds. The molecule has 7 heteroatoms. The highest BCUT2D eigenvalue weighted by molar-refractivity contribution is 7.21. The molecule has 1 aliphatic heterocycles. The van der Waals surface area contributed by atoms with Crippen LogP contribution in [0.1, 0.15) is 46.5 Å². The van der Waals surface area contributed by atoms with Gasteiger partial charge in [-0.2, -0.15) is 0 Å². The fourth-order valence-corrected chi connectivity index (χ4v) is 5.97. The zero-order valence-corrected chi connectivity index (χ0v) is 21.4. The normalized spacial score (nSPS) is 14.6. The molecule has 0 unspecified atom stereocenters. The van der Waals surface area contributed by atoms with Crippen LogP contribution in [0.2, 0.25) is 5.02 Å². The Morgan fingerprint density at radius 1 is 1.00 bits per heavy atom. The van der Waals surface area contributed by atoms with E-state index >= 15 is 0 Å². The van der Waals surface area contributed by atoms with E-state index in [0.29, 0.717) is 26.5 Å². The predicted molar refractivity (Wildman–Crippen MR) is 143 cm³/mol. The number of benzene rings is 3. The molecule has 36 heavy (non-hydrogen) atoms. The number of thiophene rings is 1. The van der Waals surface area contributed by atoms with Crippen LogP contribution >= 0.6 is 22.9 Å². The van der Waals surface area contributed by atoms with Crippen LogP contribution in [0, 0.1) is 5.82 Å². The Bertz CT molecular complexity index is 1380. The molecule has 1 aromatic heterocycles. The molecular formula is C29H27ClFNO3S. The Hall–Kier alpha value is -2.93. The van der Waals surface area contributed by atoms with Gasteiger partial charge in [0.2, 0.25) is 5.78 Å². The molecule has 0 saturated carbocycles. The third-order valence-corrected chi connectivity index (χ3v) is 8.01. The standard InChI is InChI=1S/C29H27ClFNO3S/c30-25-17-20(31)7-11-23(25)27(34)29-28(24-12-8-21(33)18-26(24)36-29)35-22-9-5-19(6-10-22)13-16-32-14-3-1-2-4-15-32/h5-12,17-18,33H,1-4,13-16H2. The molecule has 2 heterocycles. The van der Waals surface area contributed by atoms with Crippen molar-refractivity contribution in [1.82, 2.24) is 4.90 Å². The van der Waals surface area contributed by atoms with E-state index in [0.717, 1.165) is 19.0 Å². The van der Waals surface area contributed by atoms with Crippen LogP contribution in [-0.4, -0.2) is 35.4 Å². The first-order chi connectivity index (χ1) is 17.5. The predicted octanol–water partition coefficient (Wildman–Crippen LogP) is 7.84. The SMILES string of the molecule is O=C(c1ccc(F)cc1Cl)c1sc2cc(O)ccc2c1Oc1ccc(CCN2CCCCCC2)cc1. The number of hydrogen-bond donors (Lipinski definition) is 1. The Labute approximate surface area is 218 Å². The largest absolute Gasteiger partial charge is 0.508 e. The average molecular weight is 524 g/mol. The third-order valence-electron chi connectivity index (χ3n) is 6.57. The van der Waals surface area contributed by atoms with E-state index in [1.165, 1.54) is 67.8 Å². The number of carbonyl (C=O) groups excluding carboxylic acids is 1. The van der Waals surface area contributed by atoms with Crippen LogP contribution in [0.4, 0.5) is 4.39 Å². The Morgan fingerprint density at radius 3 is 2.47 bits per heavy atom.